The van der Waals surface area contributed by atoms with E-state index in [9.17, 15) is 4.79 Å². The molecule has 2 heterocycles. The van der Waals surface area contributed by atoms with Crippen LogP contribution >= 0.6 is 11.6 Å². The van der Waals surface area contributed by atoms with E-state index in [1.54, 1.807) is 11.0 Å². The van der Waals surface area contributed by atoms with Gasteiger partial charge in [-0.25, -0.2) is 4.98 Å². The molecule has 1 aromatic rings. The fraction of sp³-hybridized carbons (Fsp3) is 0.600. The van der Waals surface area contributed by atoms with Crippen molar-refractivity contribution in [1.29, 1.82) is 0 Å². The fourth-order valence-electron chi connectivity index (χ4n) is 2.50. The lowest BCUT2D eigenvalue weighted by molar-refractivity contribution is 0.0515. The van der Waals surface area contributed by atoms with Crippen molar-refractivity contribution in [2.45, 2.75) is 26.0 Å². The van der Waals surface area contributed by atoms with Gasteiger partial charge in [0, 0.05) is 32.4 Å². The van der Waals surface area contributed by atoms with Crippen molar-refractivity contribution < 1.29 is 9.53 Å². The second kappa shape index (κ2) is 7.26. The number of carbonyl (C=O) groups is 1. The maximum absolute atomic E-state index is 12.7. The molecule has 122 valence electrons. The van der Waals surface area contributed by atoms with Gasteiger partial charge in [0.1, 0.15) is 5.02 Å². The highest BCUT2D eigenvalue weighted by Gasteiger charge is 2.29. The van der Waals surface area contributed by atoms with E-state index in [1.165, 1.54) is 6.20 Å². The van der Waals surface area contributed by atoms with Gasteiger partial charge in [0.05, 0.1) is 17.7 Å². The van der Waals surface area contributed by atoms with E-state index in [2.05, 4.69) is 9.88 Å². The molecule has 0 saturated carbocycles. The predicted octanol–water partition coefficient (Wildman–Crippen LogP) is 1.24. The van der Waals surface area contributed by atoms with Crippen LogP contribution in [0, 0.1) is 0 Å². The molecule has 1 aromatic heterocycles. The quantitative estimate of drug-likeness (QED) is 0.901. The smallest absolute Gasteiger partial charge is 0.255 e. The van der Waals surface area contributed by atoms with E-state index in [0.717, 1.165) is 13.1 Å². The van der Waals surface area contributed by atoms with Crippen LogP contribution in [0.1, 0.15) is 24.2 Å². The minimum atomic E-state index is -0.0888. The number of aromatic nitrogens is 1. The van der Waals surface area contributed by atoms with E-state index in [4.69, 9.17) is 22.1 Å². The molecule has 1 aliphatic heterocycles. The van der Waals surface area contributed by atoms with E-state index < -0.39 is 0 Å². The first-order valence-electron chi connectivity index (χ1n) is 7.44. The minimum Gasteiger partial charge on any atom is -0.474 e. The number of nitrogens with zero attached hydrogens (tertiary/aromatic N) is 3. The summed E-state index contributed by atoms with van der Waals surface area (Å²) in [6, 6.07) is 1.62. The zero-order chi connectivity index (χ0) is 16.3. The first-order chi connectivity index (χ1) is 10.4. The topological polar surface area (TPSA) is 71.7 Å². The second-order valence-electron chi connectivity index (χ2n) is 5.83. The number of pyridine rings is 1. The van der Waals surface area contributed by atoms with Gasteiger partial charge in [-0.3, -0.25) is 4.79 Å². The highest BCUT2D eigenvalue weighted by atomic mass is 35.5. The molecule has 1 atom stereocenters. The number of halogens is 1. The van der Waals surface area contributed by atoms with Gasteiger partial charge in [-0.1, -0.05) is 11.6 Å². The molecule has 1 fully saturated rings. The number of carbonyl (C=O) groups excluding carboxylic acids is 1. The molecule has 22 heavy (non-hydrogen) atoms. The second-order valence-corrected chi connectivity index (χ2v) is 6.24. The molecule has 7 heteroatoms. The predicted molar refractivity (Wildman–Crippen MR) is 86.4 cm³/mol. The Kier molecular flexibility index (Phi) is 5.61. The van der Waals surface area contributed by atoms with Crippen LogP contribution in [0.2, 0.25) is 5.02 Å². The molecule has 1 saturated heterocycles. The summed E-state index contributed by atoms with van der Waals surface area (Å²) in [4.78, 5) is 20.8. The van der Waals surface area contributed by atoms with Gasteiger partial charge in [-0.2, -0.15) is 0 Å². The van der Waals surface area contributed by atoms with Gasteiger partial charge < -0.3 is 20.3 Å². The SMILES string of the molecule is CC(C)Oc1ncc(C(=O)N2CCN(C)CC2CN)cc1Cl. The van der Waals surface area contributed by atoms with Crippen molar-refractivity contribution in [2.75, 3.05) is 33.2 Å². The Morgan fingerprint density at radius 1 is 1.55 bits per heavy atom. The van der Waals surface area contributed by atoms with Gasteiger partial charge in [0.2, 0.25) is 5.88 Å². The van der Waals surface area contributed by atoms with Crippen molar-refractivity contribution >= 4 is 17.5 Å². The number of rotatable bonds is 4. The average Bonchev–Trinajstić information content (AvgIpc) is 2.48. The molecule has 6 nitrogen and oxygen atoms in total. The minimum absolute atomic E-state index is 0.0108. The van der Waals surface area contributed by atoms with Gasteiger partial charge in [-0.05, 0) is 27.0 Å². The summed E-state index contributed by atoms with van der Waals surface area (Å²) in [5.41, 5.74) is 6.26. The van der Waals surface area contributed by atoms with Crippen LogP contribution in [-0.4, -0.2) is 66.1 Å². The van der Waals surface area contributed by atoms with Crippen molar-refractivity contribution in [1.82, 2.24) is 14.8 Å². The first kappa shape index (κ1) is 17.0. The monoisotopic (exact) mass is 326 g/mol. The maximum atomic E-state index is 12.7. The summed E-state index contributed by atoms with van der Waals surface area (Å²) in [5, 5.41) is 0.345. The molecular formula is C15H23ClN4O2. The lowest BCUT2D eigenvalue weighted by atomic mass is 10.1. The third-order valence-electron chi connectivity index (χ3n) is 3.62. The molecule has 0 aromatic carbocycles. The number of likely N-dealkylation sites (N-methyl/N-ethyl adjacent to an activating group) is 1. The van der Waals surface area contributed by atoms with E-state index in [-0.39, 0.29) is 18.1 Å². The zero-order valence-electron chi connectivity index (χ0n) is 13.3. The molecule has 0 radical (unpaired) electrons. The first-order valence-corrected chi connectivity index (χ1v) is 7.82. The van der Waals surface area contributed by atoms with Crippen LogP contribution < -0.4 is 10.5 Å². The molecule has 0 bridgehead atoms. The average molecular weight is 327 g/mol. The summed E-state index contributed by atoms with van der Waals surface area (Å²) in [7, 11) is 2.03. The van der Waals surface area contributed by atoms with Crippen LogP contribution in [0.3, 0.4) is 0 Å². The van der Waals surface area contributed by atoms with Gasteiger partial charge in [0.15, 0.2) is 0 Å². The van der Waals surface area contributed by atoms with Gasteiger partial charge >= 0.3 is 0 Å². The molecule has 1 aliphatic rings. The number of nitrogens with two attached hydrogens (primary N) is 1. The number of piperazine rings is 1. The molecule has 1 unspecified atom stereocenters. The highest BCUT2D eigenvalue weighted by Crippen LogP contribution is 2.24. The summed E-state index contributed by atoms with van der Waals surface area (Å²) in [6.45, 7) is 6.49. The standard InChI is InChI=1S/C15H23ClN4O2/c1-10(2)22-14-13(16)6-11(8-18-14)15(21)20-5-4-19(3)9-12(20)7-17/h6,8,10,12H,4-5,7,9,17H2,1-3H3. The Morgan fingerprint density at radius 2 is 2.27 bits per heavy atom. The summed E-state index contributed by atoms with van der Waals surface area (Å²) in [6.07, 6.45) is 1.49. The lowest BCUT2D eigenvalue weighted by Gasteiger charge is -2.39. The molecule has 2 N–H and O–H groups in total. The third-order valence-corrected chi connectivity index (χ3v) is 3.89. The van der Waals surface area contributed by atoms with E-state index in [1.807, 2.05) is 20.9 Å². The number of ether oxygens (including phenoxy) is 1. The van der Waals surface area contributed by atoms with Crippen molar-refractivity contribution in [2.24, 2.45) is 5.73 Å². The van der Waals surface area contributed by atoms with E-state index >= 15 is 0 Å². The van der Waals surface area contributed by atoms with Crippen LogP contribution in [0.4, 0.5) is 0 Å². The molecule has 2 rings (SSSR count). The third kappa shape index (κ3) is 3.88. The Balaban J connectivity index is 2.17. The van der Waals surface area contributed by atoms with Gasteiger partial charge in [0.25, 0.3) is 5.91 Å². The Labute approximate surface area is 136 Å². The van der Waals surface area contributed by atoms with Crippen molar-refractivity contribution in [3.05, 3.63) is 22.8 Å². The Bertz CT molecular complexity index is 538. The van der Waals surface area contributed by atoms with Gasteiger partial charge in [-0.15, -0.1) is 0 Å². The molecule has 1 amide bonds. The maximum Gasteiger partial charge on any atom is 0.255 e. The zero-order valence-corrected chi connectivity index (χ0v) is 14.0. The van der Waals surface area contributed by atoms with Crippen LogP contribution in [0.15, 0.2) is 12.3 Å². The van der Waals surface area contributed by atoms with Crippen LogP contribution in [0.5, 0.6) is 5.88 Å². The summed E-state index contributed by atoms with van der Waals surface area (Å²) in [5.74, 6) is 0.260. The van der Waals surface area contributed by atoms with Crippen molar-refractivity contribution in [3.63, 3.8) is 0 Å². The highest BCUT2D eigenvalue weighted by molar-refractivity contribution is 6.32. The number of amides is 1. The summed E-state index contributed by atoms with van der Waals surface area (Å²) < 4.78 is 5.49. The molecular weight excluding hydrogens is 304 g/mol. The Hall–Kier alpha value is -1.37. The fourth-order valence-corrected chi connectivity index (χ4v) is 2.71. The van der Waals surface area contributed by atoms with Crippen LogP contribution in [0.25, 0.3) is 0 Å². The number of hydrogen-bond acceptors (Lipinski definition) is 5. The van der Waals surface area contributed by atoms with E-state index in [0.29, 0.717) is 29.6 Å². The molecule has 0 spiro atoms. The lowest BCUT2D eigenvalue weighted by Crippen LogP contribution is -2.56. The largest absolute Gasteiger partial charge is 0.474 e. The van der Waals surface area contributed by atoms with Crippen LogP contribution in [-0.2, 0) is 0 Å². The Morgan fingerprint density at radius 3 is 2.86 bits per heavy atom. The normalized spacial score (nSPS) is 19.5. The molecule has 0 aliphatic carbocycles. The van der Waals surface area contributed by atoms with Crippen molar-refractivity contribution in [3.8, 4) is 5.88 Å². The number of hydrogen-bond donors (Lipinski definition) is 1. The summed E-state index contributed by atoms with van der Waals surface area (Å²) >= 11 is 6.16.